The monoisotopic (exact) mass is 376 g/mol. The van der Waals surface area contributed by atoms with Gasteiger partial charge in [0.2, 0.25) is 5.88 Å². The molecule has 2 N–H and O–H groups in total. The summed E-state index contributed by atoms with van der Waals surface area (Å²) in [4.78, 5) is 4.08. The van der Waals surface area contributed by atoms with E-state index in [0.717, 1.165) is 4.47 Å². The minimum Gasteiger partial charge on any atom is -0.437 e. The van der Waals surface area contributed by atoms with Crippen molar-refractivity contribution in [3.8, 4) is 11.6 Å². The van der Waals surface area contributed by atoms with E-state index in [-0.39, 0.29) is 0 Å². The molecular weight excluding hydrogens is 371 g/mol. The van der Waals surface area contributed by atoms with Crippen LogP contribution < -0.4 is 10.5 Å². The van der Waals surface area contributed by atoms with Gasteiger partial charge in [0.1, 0.15) is 5.75 Å². The zero-order valence-corrected chi connectivity index (χ0v) is 12.4. The molecule has 0 bridgehead atoms. The first kappa shape index (κ1) is 12.7. The minimum atomic E-state index is 0.431. The van der Waals surface area contributed by atoms with Gasteiger partial charge in [0.25, 0.3) is 0 Å². The average Bonchev–Trinajstić information content (AvgIpc) is 2.27. The molecule has 0 amide bonds. The maximum absolute atomic E-state index is 5.80. The van der Waals surface area contributed by atoms with Crippen molar-refractivity contribution in [1.82, 2.24) is 4.98 Å². The standard InChI is InChI=1S/C11H7Br2ClN2O/c12-8-2-1-7(15)4-10(8)17-11-9(13)3-6(14)5-16-11/h1-5H,15H2. The molecule has 2 rings (SSSR count). The Morgan fingerprint density at radius 2 is 1.94 bits per heavy atom. The summed E-state index contributed by atoms with van der Waals surface area (Å²) in [5.74, 6) is 1.03. The molecule has 2 aromatic rings. The molecule has 0 saturated heterocycles. The first-order valence-electron chi connectivity index (χ1n) is 4.60. The van der Waals surface area contributed by atoms with E-state index in [1.54, 1.807) is 18.2 Å². The van der Waals surface area contributed by atoms with Gasteiger partial charge in [0.15, 0.2) is 0 Å². The molecule has 0 aliphatic heterocycles. The van der Waals surface area contributed by atoms with Gasteiger partial charge in [-0.2, -0.15) is 0 Å². The lowest BCUT2D eigenvalue weighted by molar-refractivity contribution is 0.457. The van der Waals surface area contributed by atoms with Crippen LogP contribution in [-0.2, 0) is 0 Å². The van der Waals surface area contributed by atoms with Crippen LogP contribution in [0.1, 0.15) is 0 Å². The van der Waals surface area contributed by atoms with Crippen LogP contribution in [0, 0.1) is 0 Å². The van der Waals surface area contributed by atoms with E-state index in [4.69, 9.17) is 22.1 Å². The maximum Gasteiger partial charge on any atom is 0.233 e. The van der Waals surface area contributed by atoms with Gasteiger partial charge in [-0.15, -0.1) is 0 Å². The summed E-state index contributed by atoms with van der Waals surface area (Å²) in [6.45, 7) is 0. The number of ether oxygens (including phenoxy) is 1. The van der Waals surface area contributed by atoms with Crippen LogP contribution in [-0.4, -0.2) is 4.98 Å². The number of nitrogens with two attached hydrogens (primary N) is 1. The zero-order chi connectivity index (χ0) is 12.4. The second kappa shape index (κ2) is 5.25. The van der Waals surface area contributed by atoms with Gasteiger partial charge in [0, 0.05) is 18.0 Å². The van der Waals surface area contributed by atoms with Crippen molar-refractivity contribution in [2.75, 3.05) is 5.73 Å². The Kier molecular flexibility index (Phi) is 3.91. The number of hydrogen-bond acceptors (Lipinski definition) is 3. The van der Waals surface area contributed by atoms with Gasteiger partial charge >= 0.3 is 0 Å². The largest absolute Gasteiger partial charge is 0.437 e. The number of benzene rings is 1. The number of rotatable bonds is 2. The molecule has 17 heavy (non-hydrogen) atoms. The van der Waals surface area contributed by atoms with Crippen molar-refractivity contribution in [2.24, 2.45) is 0 Å². The second-order valence-electron chi connectivity index (χ2n) is 3.23. The van der Waals surface area contributed by atoms with Gasteiger partial charge in [-0.3, -0.25) is 0 Å². The topological polar surface area (TPSA) is 48.1 Å². The van der Waals surface area contributed by atoms with Crippen molar-refractivity contribution in [3.05, 3.63) is 44.4 Å². The minimum absolute atomic E-state index is 0.431. The van der Waals surface area contributed by atoms with Crippen LogP contribution in [0.4, 0.5) is 5.69 Å². The van der Waals surface area contributed by atoms with Crippen molar-refractivity contribution in [1.29, 1.82) is 0 Å². The number of halogens is 3. The normalized spacial score (nSPS) is 10.3. The third kappa shape index (κ3) is 3.12. The fraction of sp³-hybridized carbons (Fsp3) is 0. The van der Waals surface area contributed by atoms with E-state index in [9.17, 15) is 0 Å². The van der Waals surface area contributed by atoms with Crippen LogP contribution >= 0.6 is 43.5 Å². The molecule has 0 aliphatic rings. The van der Waals surface area contributed by atoms with E-state index in [0.29, 0.717) is 26.8 Å². The van der Waals surface area contributed by atoms with Crippen molar-refractivity contribution < 1.29 is 4.74 Å². The van der Waals surface area contributed by atoms with Gasteiger partial charge in [-0.25, -0.2) is 4.98 Å². The second-order valence-corrected chi connectivity index (χ2v) is 5.38. The summed E-state index contributed by atoms with van der Waals surface area (Å²) < 4.78 is 7.11. The summed E-state index contributed by atoms with van der Waals surface area (Å²) in [6.07, 6.45) is 1.52. The Morgan fingerprint density at radius 3 is 2.65 bits per heavy atom. The number of nitrogens with zero attached hydrogens (tertiary/aromatic N) is 1. The molecule has 0 fully saturated rings. The maximum atomic E-state index is 5.80. The summed E-state index contributed by atoms with van der Waals surface area (Å²) in [6, 6.07) is 7.02. The molecule has 0 aliphatic carbocycles. The molecule has 88 valence electrons. The molecule has 0 radical (unpaired) electrons. The number of pyridine rings is 1. The molecule has 0 saturated carbocycles. The van der Waals surface area contributed by atoms with E-state index >= 15 is 0 Å². The molecule has 6 heteroatoms. The van der Waals surface area contributed by atoms with Gasteiger partial charge in [-0.05, 0) is 50.1 Å². The lowest BCUT2D eigenvalue weighted by Crippen LogP contribution is -1.92. The summed E-state index contributed by atoms with van der Waals surface area (Å²) in [5, 5.41) is 0.538. The lowest BCUT2D eigenvalue weighted by Gasteiger charge is -2.09. The van der Waals surface area contributed by atoms with Crippen LogP contribution in [0.15, 0.2) is 39.4 Å². The highest BCUT2D eigenvalue weighted by atomic mass is 79.9. The SMILES string of the molecule is Nc1ccc(Br)c(Oc2ncc(Cl)cc2Br)c1. The molecule has 0 spiro atoms. The number of hydrogen-bond donors (Lipinski definition) is 1. The summed E-state index contributed by atoms with van der Waals surface area (Å²) in [7, 11) is 0. The molecule has 1 aromatic carbocycles. The lowest BCUT2D eigenvalue weighted by atomic mass is 10.3. The first-order chi connectivity index (χ1) is 8.06. The first-order valence-corrected chi connectivity index (χ1v) is 6.56. The smallest absolute Gasteiger partial charge is 0.233 e. The summed E-state index contributed by atoms with van der Waals surface area (Å²) in [5.41, 5.74) is 6.31. The van der Waals surface area contributed by atoms with E-state index in [2.05, 4.69) is 36.8 Å². The third-order valence-corrected chi connectivity index (χ3v) is 3.37. The van der Waals surface area contributed by atoms with Crippen molar-refractivity contribution >= 4 is 49.1 Å². The van der Waals surface area contributed by atoms with Gasteiger partial charge in [-0.1, -0.05) is 11.6 Å². The van der Waals surface area contributed by atoms with Gasteiger partial charge in [0.05, 0.1) is 14.0 Å². The third-order valence-electron chi connectivity index (χ3n) is 1.94. The Labute approximate surface area is 120 Å². The molecule has 3 nitrogen and oxygen atoms in total. The zero-order valence-electron chi connectivity index (χ0n) is 8.45. The molecule has 0 unspecified atom stereocenters. The molecular formula is C11H7Br2ClN2O. The molecule has 1 aromatic heterocycles. The Hall–Kier alpha value is -0.780. The van der Waals surface area contributed by atoms with Gasteiger partial charge < -0.3 is 10.5 Å². The van der Waals surface area contributed by atoms with E-state index in [1.165, 1.54) is 6.20 Å². The highest BCUT2D eigenvalue weighted by molar-refractivity contribution is 9.11. The quantitative estimate of drug-likeness (QED) is 0.775. The van der Waals surface area contributed by atoms with Crippen LogP contribution in [0.3, 0.4) is 0 Å². The van der Waals surface area contributed by atoms with Crippen LogP contribution in [0.2, 0.25) is 5.02 Å². The van der Waals surface area contributed by atoms with E-state index < -0.39 is 0 Å². The fourth-order valence-corrected chi connectivity index (χ4v) is 2.23. The summed E-state index contributed by atoms with van der Waals surface area (Å²) >= 11 is 12.5. The highest BCUT2D eigenvalue weighted by Gasteiger charge is 2.08. The predicted molar refractivity (Wildman–Crippen MR) is 75.6 cm³/mol. The molecule has 0 atom stereocenters. The van der Waals surface area contributed by atoms with Crippen molar-refractivity contribution in [3.63, 3.8) is 0 Å². The van der Waals surface area contributed by atoms with Crippen molar-refractivity contribution in [2.45, 2.75) is 0 Å². The molecule has 1 heterocycles. The number of anilines is 1. The Balaban J connectivity index is 2.34. The van der Waals surface area contributed by atoms with E-state index in [1.807, 2.05) is 6.07 Å². The Morgan fingerprint density at radius 1 is 1.18 bits per heavy atom. The Bertz CT molecular complexity index is 563. The highest BCUT2D eigenvalue weighted by Crippen LogP contribution is 2.34. The number of aromatic nitrogens is 1. The van der Waals surface area contributed by atoms with Crippen LogP contribution in [0.25, 0.3) is 0 Å². The number of nitrogen functional groups attached to an aromatic ring is 1. The fourth-order valence-electron chi connectivity index (χ4n) is 1.18. The average molecular weight is 378 g/mol. The van der Waals surface area contributed by atoms with Crippen LogP contribution in [0.5, 0.6) is 11.6 Å². The predicted octanol–water partition coefficient (Wildman–Crippen LogP) is 4.63.